The first kappa shape index (κ1) is 22.2. The number of rotatable bonds is 9. The molecule has 0 saturated heterocycles. The van der Waals surface area contributed by atoms with E-state index >= 15 is 0 Å². The fourth-order valence-electron chi connectivity index (χ4n) is 1.58. The number of hydrogen-bond donors (Lipinski definition) is 0. The zero-order valence-corrected chi connectivity index (χ0v) is 16.8. The number of unbranched alkanes of at least 4 members (excludes halogenated alkanes) is 2. The fraction of sp³-hybridized carbons (Fsp3) is 0.875. The Balaban J connectivity index is 0. The van der Waals surface area contributed by atoms with E-state index in [0.717, 1.165) is 12.8 Å². The number of ether oxygens (including phenoxy) is 1. The Morgan fingerprint density at radius 3 is 1.70 bits per heavy atom. The molecule has 0 aromatic heterocycles. The van der Waals surface area contributed by atoms with Crippen molar-refractivity contribution in [3.05, 3.63) is 0 Å². The molecule has 0 saturated carbocycles. The van der Waals surface area contributed by atoms with Gasteiger partial charge in [0.05, 0.1) is 5.92 Å². The Hall–Kier alpha value is -0.0613. The molecule has 3 nitrogen and oxygen atoms in total. The molecule has 0 aliphatic carbocycles. The minimum absolute atomic E-state index is 0.126. The first-order chi connectivity index (χ1) is 9.53. The van der Waals surface area contributed by atoms with Gasteiger partial charge in [-0.3, -0.25) is 9.59 Å². The van der Waals surface area contributed by atoms with Crippen LogP contribution in [0, 0.1) is 5.92 Å². The van der Waals surface area contributed by atoms with E-state index in [1.807, 2.05) is 13.8 Å². The summed E-state index contributed by atoms with van der Waals surface area (Å²) in [6.07, 6.45) is 7.29. The van der Waals surface area contributed by atoms with Gasteiger partial charge in [-0.05, 0) is 12.8 Å². The van der Waals surface area contributed by atoms with Crippen molar-refractivity contribution in [1.82, 2.24) is 0 Å². The SMILES string of the molecule is CCC(CC)C(=O)OC(C)=O.CCC[CH2][Sn][CH2]CCC. The van der Waals surface area contributed by atoms with Crippen LogP contribution in [0.3, 0.4) is 0 Å². The number of carbonyl (C=O) groups excluding carboxylic acids is 2. The molecule has 0 aromatic carbocycles. The van der Waals surface area contributed by atoms with Crippen molar-refractivity contribution in [1.29, 1.82) is 0 Å². The van der Waals surface area contributed by atoms with E-state index in [-0.39, 0.29) is 27.1 Å². The molecule has 0 unspecified atom stereocenters. The minimum atomic E-state index is -0.526. The molecule has 4 heteroatoms. The second kappa shape index (κ2) is 17.0. The van der Waals surface area contributed by atoms with E-state index in [9.17, 15) is 9.59 Å². The van der Waals surface area contributed by atoms with Gasteiger partial charge >= 0.3 is 81.5 Å². The van der Waals surface area contributed by atoms with E-state index in [2.05, 4.69) is 18.6 Å². The van der Waals surface area contributed by atoms with Crippen LogP contribution in [0.2, 0.25) is 8.87 Å². The van der Waals surface area contributed by atoms with E-state index < -0.39 is 11.9 Å². The number of hydrogen-bond acceptors (Lipinski definition) is 3. The van der Waals surface area contributed by atoms with Crippen LogP contribution in [0.5, 0.6) is 0 Å². The molecule has 118 valence electrons. The molecule has 0 atom stereocenters. The third kappa shape index (κ3) is 16.0. The van der Waals surface area contributed by atoms with E-state index in [4.69, 9.17) is 0 Å². The van der Waals surface area contributed by atoms with Crippen LogP contribution in [0.4, 0.5) is 0 Å². The second-order valence-electron chi connectivity index (χ2n) is 4.88. The van der Waals surface area contributed by atoms with Gasteiger partial charge in [-0.25, -0.2) is 0 Å². The summed E-state index contributed by atoms with van der Waals surface area (Å²) in [7, 11) is 0. The Kier molecular flexibility index (Phi) is 18.9. The molecule has 0 amide bonds. The average molecular weight is 391 g/mol. The first-order valence-corrected chi connectivity index (χ1v) is 12.0. The summed E-state index contributed by atoms with van der Waals surface area (Å²) in [5.41, 5.74) is 0. The first-order valence-electron chi connectivity index (χ1n) is 7.96. The molecule has 0 aliphatic rings. The Morgan fingerprint density at radius 1 is 0.950 bits per heavy atom. The fourth-order valence-corrected chi connectivity index (χ4v) is 5.73. The molecule has 0 rings (SSSR count). The molecule has 0 spiro atoms. The summed E-state index contributed by atoms with van der Waals surface area (Å²) < 4.78 is 7.67. The van der Waals surface area contributed by atoms with Crippen molar-refractivity contribution in [2.24, 2.45) is 5.92 Å². The maximum absolute atomic E-state index is 11.0. The van der Waals surface area contributed by atoms with Crippen molar-refractivity contribution >= 4 is 33.1 Å². The van der Waals surface area contributed by atoms with Gasteiger partial charge in [0, 0.05) is 6.92 Å². The third-order valence-corrected chi connectivity index (χ3v) is 7.01. The summed E-state index contributed by atoms with van der Waals surface area (Å²) >= 11 is 0.149. The molecule has 20 heavy (non-hydrogen) atoms. The quantitative estimate of drug-likeness (QED) is 0.249. The monoisotopic (exact) mass is 392 g/mol. The Bertz CT molecular complexity index is 232. The van der Waals surface area contributed by atoms with Gasteiger partial charge in [0.15, 0.2) is 0 Å². The van der Waals surface area contributed by atoms with Crippen LogP contribution in [-0.2, 0) is 14.3 Å². The molecular formula is C16H32O3Sn. The molecule has 0 bridgehead atoms. The second-order valence-corrected chi connectivity index (χ2v) is 9.16. The van der Waals surface area contributed by atoms with Crippen LogP contribution in [0.15, 0.2) is 0 Å². The molecule has 2 radical (unpaired) electrons. The summed E-state index contributed by atoms with van der Waals surface area (Å²) in [6.45, 7) is 9.61. The van der Waals surface area contributed by atoms with Gasteiger partial charge < -0.3 is 4.74 Å². The van der Waals surface area contributed by atoms with Crippen LogP contribution < -0.4 is 0 Å². The van der Waals surface area contributed by atoms with Crippen molar-refractivity contribution < 1.29 is 14.3 Å². The molecule has 0 N–H and O–H groups in total. The maximum atomic E-state index is 11.0. The van der Waals surface area contributed by atoms with Gasteiger partial charge in [0.2, 0.25) is 0 Å². The summed E-state index contributed by atoms with van der Waals surface area (Å²) in [6, 6.07) is 0. The standard InChI is InChI=1S/C8H14O3.2C4H9.Sn/c1-4-7(5-2)8(10)11-6(3)9;2*1-3-4-2;/h7H,4-5H2,1-3H3;2*1,3-4H2,2H3;. The van der Waals surface area contributed by atoms with Crippen LogP contribution in [0.1, 0.15) is 73.1 Å². The van der Waals surface area contributed by atoms with Gasteiger partial charge in [0.1, 0.15) is 0 Å². The van der Waals surface area contributed by atoms with Gasteiger partial charge in [0.25, 0.3) is 0 Å². The van der Waals surface area contributed by atoms with Crippen LogP contribution in [0.25, 0.3) is 0 Å². The summed E-state index contributed by atoms with van der Waals surface area (Å²) in [4.78, 5) is 21.3. The van der Waals surface area contributed by atoms with Crippen LogP contribution in [-0.4, -0.2) is 33.1 Å². The molecule has 0 fully saturated rings. The summed E-state index contributed by atoms with van der Waals surface area (Å²) in [5.74, 6) is -1.05. The van der Waals surface area contributed by atoms with Crippen molar-refractivity contribution in [2.45, 2.75) is 82.0 Å². The number of esters is 2. The van der Waals surface area contributed by atoms with E-state index in [0.29, 0.717) is 0 Å². The zero-order valence-electron chi connectivity index (χ0n) is 14.0. The molecule has 0 aromatic rings. The zero-order chi connectivity index (χ0) is 15.8. The van der Waals surface area contributed by atoms with Crippen molar-refractivity contribution in [2.75, 3.05) is 0 Å². The summed E-state index contributed by atoms with van der Waals surface area (Å²) in [5, 5.41) is 0. The van der Waals surface area contributed by atoms with Crippen molar-refractivity contribution in [3.8, 4) is 0 Å². The molecular weight excluding hydrogens is 359 g/mol. The Labute approximate surface area is 135 Å². The van der Waals surface area contributed by atoms with Crippen LogP contribution >= 0.6 is 0 Å². The number of carbonyl (C=O) groups is 2. The molecule has 0 heterocycles. The Morgan fingerprint density at radius 2 is 1.40 bits per heavy atom. The third-order valence-electron chi connectivity index (χ3n) is 2.98. The predicted molar refractivity (Wildman–Crippen MR) is 86.0 cm³/mol. The van der Waals surface area contributed by atoms with E-state index in [1.54, 1.807) is 8.87 Å². The van der Waals surface area contributed by atoms with E-state index in [1.165, 1.54) is 32.6 Å². The average Bonchev–Trinajstić information content (AvgIpc) is 2.40. The van der Waals surface area contributed by atoms with Crippen molar-refractivity contribution in [3.63, 3.8) is 0 Å². The molecule has 0 aliphatic heterocycles. The predicted octanol–water partition coefficient (Wildman–Crippen LogP) is 4.64. The van der Waals surface area contributed by atoms with Gasteiger partial charge in [-0.15, -0.1) is 0 Å². The van der Waals surface area contributed by atoms with Gasteiger partial charge in [-0.1, -0.05) is 13.8 Å². The topological polar surface area (TPSA) is 43.4 Å². The normalized spacial score (nSPS) is 9.90. The van der Waals surface area contributed by atoms with Gasteiger partial charge in [-0.2, -0.15) is 0 Å².